The Balaban J connectivity index is 1.19. The number of pyridine rings is 1. The van der Waals surface area contributed by atoms with Crippen molar-refractivity contribution in [2.75, 3.05) is 19.7 Å². The third-order valence-electron chi connectivity index (χ3n) is 5.83. The number of halogens is 1. The molecule has 1 aromatic carbocycles. The summed E-state index contributed by atoms with van der Waals surface area (Å²) in [4.78, 5) is 28.7. The molecule has 2 aromatic rings. The van der Waals surface area contributed by atoms with Gasteiger partial charge in [-0.3, -0.25) is 15.1 Å². The number of hydrogen-bond donors (Lipinski definition) is 2. The highest BCUT2D eigenvalue weighted by Crippen LogP contribution is 2.31. The van der Waals surface area contributed by atoms with Gasteiger partial charge in [-0.1, -0.05) is 12.1 Å². The van der Waals surface area contributed by atoms with Crippen LogP contribution in [0, 0.1) is 11.7 Å². The smallest absolute Gasteiger partial charge is 0.324 e. The van der Waals surface area contributed by atoms with Crippen molar-refractivity contribution in [2.24, 2.45) is 5.92 Å². The Morgan fingerprint density at radius 1 is 1.28 bits per heavy atom. The van der Waals surface area contributed by atoms with E-state index in [2.05, 4.69) is 22.5 Å². The number of nitrogens with zero attached hydrogens (tertiary/aromatic N) is 2. The van der Waals surface area contributed by atoms with Gasteiger partial charge in [0.2, 0.25) is 5.91 Å². The van der Waals surface area contributed by atoms with Crippen LogP contribution in [0.2, 0.25) is 0 Å². The van der Waals surface area contributed by atoms with Crippen molar-refractivity contribution >= 4 is 11.9 Å². The van der Waals surface area contributed by atoms with E-state index in [9.17, 15) is 14.0 Å². The van der Waals surface area contributed by atoms with Gasteiger partial charge in [-0.05, 0) is 74.4 Å². The van der Waals surface area contributed by atoms with Crippen LogP contribution in [0.5, 0.6) is 5.75 Å². The van der Waals surface area contributed by atoms with Crippen LogP contribution in [0.1, 0.15) is 49.0 Å². The van der Waals surface area contributed by atoms with Crippen LogP contribution in [-0.4, -0.2) is 41.5 Å². The molecule has 1 saturated heterocycles. The van der Waals surface area contributed by atoms with Gasteiger partial charge < -0.3 is 15.0 Å². The second-order valence-electron chi connectivity index (χ2n) is 8.59. The number of rotatable bonds is 11. The number of hydrogen-bond acceptors (Lipinski definition) is 5. The van der Waals surface area contributed by atoms with Crippen LogP contribution in [0.3, 0.4) is 0 Å². The molecule has 0 unspecified atom stereocenters. The minimum atomic E-state index is -0.371. The third kappa shape index (κ3) is 6.03. The molecule has 1 aliphatic carbocycles. The second kappa shape index (κ2) is 10.1. The van der Waals surface area contributed by atoms with E-state index in [0.29, 0.717) is 24.8 Å². The summed E-state index contributed by atoms with van der Waals surface area (Å²) in [5.74, 6) is 0.330. The fraction of sp³-hybridized carbons (Fsp3) is 0.458. The summed E-state index contributed by atoms with van der Waals surface area (Å²) in [6.07, 6.45) is 5.97. The Morgan fingerprint density at radius 2 is 2.12 bits per heavy atom. The molecule has 2 N–H and O–H groups in total. The molecule has 0 spiro atoms. The molecule has 1 saturated carbocycles. The molecule has 0 radical (unpaired) electrons. The van der Waals surface area contributed by atoms with E-state index < -0.39 is 0 Å². The first-order chi connectivity index (χ1) is 15.5. The maximum Gasteiger partial charge on any atom is 0.324 e. The van der Waals surface area contributed by atoms with E-state index in [0.717, 1.165) is 36.2 Å². The summed E-state index contributed by atoms with van der Waals surface area (Å²) in [6.45, 7) is 3.87. The van der Waals surface area contributed by atoms with E-state index in [-0.39, 0.29) is 30.3 Å². The Labute approximate surface area is 187 Å². The van der Waals surface area contributed by atoms with Crippen LogP contribution in [0.25, 0.3) is 0 Å². The van der Waals surface area contributed by atoms with Gasteiger partial charge in [0.25, 0.3) is 0 Å². The van der Waals surface area contributed by atoms with E-state index >= 15 is 0 Å². The monoisotopic (exact) mass is 440 g/mol. The molecule has 1 aliphatic heterocycles. The summed E-state index contributed by atoms with van der Waals surface area (Å²) >= 11 is 0. The number of urea groups is 1. The molecule has 1 atom stereocenters. The fourth-order valence-corrected chi connectivity index (χ4v) is 3.62. The zero-order valence-electron chi connectivity index (χ0n) is 18.3. The molecule has 2 aliphatic rings. The summed E-state index contributed by atoms with van der Waals surface area (Å²) in [7, 11) is 0. The van der Waals surface area contributed by atoms with Crippen molar-refractivity contribution in [1.29, 1.82) is 0 Å². The zero-order chi connectivity index (χ0) is 22.5. The largest absolute Gasteiger partial charge is 0.490 e. The third-order valence-corrected chi connectivity index (χ3v) is 5.83. The van der Waals surface area contributed by atoms with E-state index in [1.165, 1.54) is 23.8 Å². The normalized spacial score (nSPS) is 16.9. The summed E-state index contributed by atoms with van der Waals surface area (Å²) < 4.78 is 19.6. The van der Waals surface area contributed by atoms with Gasteiger partial charge in [0.1, 0.15) is 6.54 Å². The van der Waals surface area contributed by atoms with Crippen molar-refractivity contribution in [3.05, 3.63) is 59.2 Å². The number of amides is 3. The minimum absolute atomic E-state index is 0.0777. The molecule has 8 heteroatoms. The van der Waals surface area contributed by atoms with E-state index in [1.54, 1.807) is 12.1 Å². The summed E-state index contributed by atoms with van der Waals surface area (Å²) in [5, 5.41) is 5.74. The van der Waals surface area contributed by atoms with Gasteiger partial charge in [0.15, 0.2) is 11.6 Å². The second-order valence-corrected chi connectivity index (χ2v) is 8.59. The lowest BCUT2D eigenvalue weighted by molar-refractivity contribution is -0.118. The fourth-order valence-electron chi connectivity index (χ4n) is 3.62. The number of carbonyl (C=O) groups excluding carboxylic acids is 2. The number of benzene rings is 1. The molecule has 3 amide bonds. The van der Waals surface area contributed by atoms with Gasteiger partial charge >= 0.3 is 6.03 Å². The predicted molar refractivity (Wildman–Crippen MR) is 118 cm³/mol. The Bertz CT molecular complexity index is 962. The SMILES string of the molecule is C[C@@H](NCCCc1ccc(CN2CC(=O)NC2=O)nc1)c1ccc(F)c(OCC2CC2)c1. The van der Waals surface area contributed by atoms with Crippen molar-refractivity contribution in [3.8, 4) is 5.75 Å². The van der Waals surface area contributed by atoms with Gasteiger partial charge in [-0.15, -0.1) is 0 Å². The average molecular weight is 441 g/mol. The van der Waals surface area contributed by atoms with Crippen molar-refractivity contribution in [1.82, 2.24) is 20.5 Å². The first-order valence-corrected chi connectivity index (χ1v) is 11.2. The molecule has 32 heavy (non-hydrogen) atoms. The zero-order valence-corrected chi connectivity index (χ0v) is 18.3. The van der Waals surface area contributed by atoms with Crippen molar-refractivity contribution in [2.45, 2.75) is 45.2 Å². The van der Waals surface area contributed by atoms with E-state index in [4.69, 9.17) is 4.74 Å². The summed E-state index contributed by atoms with van der Waals surface area (Å²) in [5.41, 5.74) is 2.87. The molecular weight excluding hydrogens is 411 g/mol. The molecular formula is C24H29FN4O3. The first kappa shape index (κ1) is 22.2. The standard InChI is InChI=1S/C24H29FN4O3/c1-16(19-7-9-21(25)22(11-19)32-15-18-4-5-18)26-10-2-3-17-6-8-20(27-12-17)13-29-14-23(30)28-24(29)31/h6-9,11-12,16,18,26H,2-5,10,13-15H2,1H3,(H,28,30,31)/t16-/m1/s1. The lowest BCUT2D eigenvalue weighted by Gasteiger charge is -2.16. The number of ether oxygens (including phenoxy) is 1. The van der Waals surface area contributed by atoms with Crippen LogP contribution in [0.4, 0.5) is 9.18 Å². The number of nitrogens with one attached hydrogen (secondary N) is 2. The molecule has 170 valence electrons. The molecule has 1 aromatic heterocycles. The number of aryl methyl sites for hydroxylation is 1. The Hall–Kier alpha value is -3.00. The Kier molecular flexibility index (Phi) is 6.99. The minimum Gasteiger partial charge on any atom is -0.490 e. The van der Waals surface area contributed by atoms with E-state index in [1.807, 2.05) is 18.3 Å². The summed E-state index contributed by atoms with van der Waals surface area (Å²) in [6, 6.07) is 8.69. The lowest BCUT2D eigenvalue weighted by Crippen LogP contribution is -2.28. The quantitative estimate of drug-likeness (QED) is 0.414. The topological polar surface area (TPSA) is 83.6 Å². The van der Waals surface area contributed by atoms with Crippen LogP contribution < -0.4 is 15.4 Å². The number of aromatic nitrogens is 1. The highest BCUT2D eigenvalue weighted by Gasteiger charge is 2.26. The maximum atomic E-state index is 14.0. The van der Waals surface area contributed by atoms with Gasteiger partial charge in [0, 0.05) is 12.2 Å². The highest BCUT2D eigenvalue weighted by atomic mass is 19.1. The predicted octanol–water partition coefficient (Wildman–Crippen LogP) is 3.34. The van der Waals surface area contributed by atoms with Gasteiger partial charge in [-0.2, -0.15) is 0 Å². The van der Waals surface area contributed by atoms with Crippen molar-refractivity contribution < 1.29 is 18.7 Å². The molecule has 4 rings (SSSR count). The first-order valence-electron chi connectivity index (χ1n) is 11.2. The van der Waals surface area contributed by atoms with Gasteiger partial charge in [-0.25, -0.2) is 9.18 Å². The highest BCUT2D eigenvalue weighted by molar-refractivity contribution is 6.01. The number of carbonyl (C=O) groups is 2. The average Bonchev–Trinajstić information content (AvgIpc) is 3.55. The molecule has 7 nitrogen and oxygen atoms in total. The van der Waals surface area contributed by atoms with Crippen LogP contribution in [-0.2, 0) is 17.8 Å². The van der Waals surface area contributed by atoms with Gasteiger partial charge in [0.05, 0.1) is 18.8 Å². The van der Waals surface area contributed by atoms with Crippen LogP contribution in [0.15, 0.2) is 36.5 Å². The van der Waals surface area contributed by atoms with Crippen LogP contribution >= 0.6 is 0 Å². The molecule has 0 bridgehead atoms. The maximum absolute atomic E-state index is 14.0. The Morgan fingerprint density at radius 3 is 2.81 bits per heavy atom. The number of imide groups is 1. The van der Waals surface area contributed by atoms with Crippen molar-refractivity contribution in [3.63, 3.8) is 0 Å². The lowest BCUT2D eigenvalue weighted by atomic mass is 10.1. The molecule has 2 fully saturated rings. The molecule has 2 heterocycles.